The molecular formula is C18H21NO2. The summed E-state index contributed by atoms with van der Waals surface area (Å²) in [6, 6.07) is 8.13. The number of imide groups is 1. The molecule has 3 unspecified atom stereocenters. The zero-order chi connectivity index (χ0) is 14.8. The van der Waals surface area contributed by atoms with Crippen LogP contribution in [0.25, 0.3) is 0 Å². The molecule has 3 nitrogen and oxygen atoms in total. The van der Waals surface area contributed by atoms with Crippen LogP contribution in [0.4, 0.5) is 0 Å². The number of piperidine rings is 1. The maximum atomic E-state index is 12.4. The van der Waals surface area contributed by atoms with Crippen LogP contribution in [0.5, 0.6) is 0 Å². The van der Waals surface area contributed by atoms with E-state index in [9.17, 15) is 9.59 Å². The van der Waals surface area contributed by atoms with Crippen LogP contribution >= 0.6 is 0 Å². The third-order valence-electron chi connectivity index (χ3n) is 4.75. The first-order valence-electron chi connectivity index (χ1n) is 7.70. The quantitative estimate of drug-likeness (QED) is 0.669. The molecule has 1 saturated heterocycles. The van der Waals surface area contributed by atoms with Gasteiger partial charge in [0.05, 0.1) is 5.92 Å². The second-order valence-corrected chi connectivity index (χ2v) is 6.21. The summed E-state index contributed by atoms with van der Waals surface area (Å²) in [5.41, 5.74) is 2.22. The average molecular weight is 283 g/mol. The average Bonchev–Trinajstić information content (AvgIpc) is 2.49. The largest absolute Gasteiger partial charge is 0.296 e. The number of aryl methyl sites for hydroxylation is 1. The zero-order valence-corrected chi connectivity index (χ0v) is 12.3. The Kier molecular flexibility index (Phi) is 3.91. The van der Waals surface area contributed by atoms with Crippen LogP contribution in [0.1, 0.15) is 42.7 Å². The topological polar surface area (TPSA) is 46.2 Å². The fourth-order valence-corrected chi connectivity index (χ4v) is 3.61. The van der Waals surface area contributed by atoms with E-state index in [1.165, 1.54) is 5.56 Å². The normalized spacial score (nSPS) is 29.3. The first-order valence-corrected chi connectivity index (χ1v) is 7.70. The molecule has 1 fully saturated rings. The van der Waals surface area contributed by atoms with Gasteiger partial charge in [0.1, 0.15) is 0 Å². The molecule has 0 radical (unpaired) electrons. The first-order chi connectivity index (χ1) is 10.1. The van der Waals surface area contributed by atoms with Gasteiger partial charge in [-0.1, -0.05) is 42.0 Å². The summed E-state index contributed by atoms with van der Waals surface area (Å²) < 4.78 is 0. The Labute approximate surface area is 125 Å². The van der Waals surface area contributed by atoms with Crippen molar-refractivity contribution in [3.8, 4) is 0 Å². The van der Waals surface area contributed by atoms with Crippen LogP contribution in [-0.2, 0) is 9.59 Å². The van der Waals surface area contributed by atoms with E-state index in [2.05, 4.69) is 17.5 Å². The summed E-state index contributed by atoms with van der Waals surface area (Å²) in [5, 5.41) is 2.52. The van der Waals surface area contributed by atoms with Gasteiger partial charge < -0.3 is 0 Å². The van der Waals surface area contributed by atoms with E-state index in [0.717, 1.165) is 24.8 Å². The number of carbonyl (C=O) groups is 2. The number of carbonyl (C=O) groups excluding carboxylic acids is 2. The number of allylic oxidation sites excluding steroid dienone is 2. The lowest BCUT2D eigenvalue weighted by molar-refractivity contribution is -0.137. The van der Waals surface area contributed by atoms with E-state index in [-0.39, 0.29) is 23.7 Å². The van der Waals surface area contributed by atoms with Gasteiger partial charge in [0.2, 0.25) is 11.8 Å². The molecule has 3 heteroatoms. The number of hydrogen-bond donors (Lipinski definition) is 1. The molecule has 2 aliphatic rings. The highest BCUT2D eigenvalue weighted by Gasteiger charge is 2.40. The molecule has 0 saturated carbocycles. The predicted molar refractivity (Wildman–Crippen MR) is 81.7 cm³/mol. The number of nitrogens with one attached hydrogen (secondary N) is 1. The molecule has 2 amide bonds. The summed E-state index contributed by atoms with van der Waals surface area (Å²) in [7, 11) is 0. The number of rotatable bonds is 2. The van der Waals surface area contributed by atoms with E-state index >= 15 is 0 Å². The third-order valence-corrected chi connectivity index (χ3v) is 4.75. The monoisotopic (exact) mass is 283 g/mol. The lowest BCUT2D eigenvalue weighted by Gasteiger charge is -2.36. The molecule has 1 aromatic carbocycles. The van der Waals surface area contributed by atoms with Crippen molar-refractivity contribution in [2.75, 3.05) is 0 Å². The summed E-state index contributed by atoms with van der Waals surface area (Å²) in [5.74, 6) is 0.104. The lowest BCUT2D eigenvalue weighted by Crippen LogP contribution is -2.46. The van der Waals surface area contributed by atoms with Gasteiger partial charge in [-0.2, -0.15) is 0 Å². The van der Waals surface area contributed by atoms with E-state index in [4.69, 9.17) is 0 Å². The Bertz CT molecular complexity index is 573. The standard InChI is InChI=1S/C18H21NO2/c1-12-7-9-14(10-8-12)17-15(11-16(20)19-18(17)21)13-5-3-2-4-6-13/h2-3,7-10,13,15,17H,4-6,11H2,1H3,(H,19,20,21). The van der Waals surface area contributed by atoms with Gasteiger partial charge in [0.15, 0.2) is 0 Å². The van der Waals surface area contributed by atoms with Crippen molar-refractivity contribution in [1.82, 2.24) is 5.32 Å². The van der Waals surface area contributed by atoms with Crippen LogP contribution < -0.4 is 5.32 Å². The molecular weight excluding hydrogens is 262 g/mol. The summed E-state index contributed by atoms with van der Waals surface area (Å²) >= 11 is 0. The number of hydrogen-bond acceptors (Lipinski definition) is 2. The zero-order valence-electron chi connectivity index (χ0n) is 12.3. The molecule has 1 N–H and O–H groups in total. The van der Waals surface area contributed by atoms with Gasteiger partial charge in [-0.05, 0) is 43.6 Å². The minimum atomic E-state index is -0.195. The highest BCUT2D eigenvalue weighted by Crippen LogP contribution is 2.40. The van der Waals surface area contributed by atoms with Crippen molar-refractivity contribution in [3.05, 3.63) is 47.5 Å². The van der Waals surface area contributed by atoms with Crippen molar-refractivity contribution in [2.24, 2.45) is 11.8 Å². The number of amides is 2. The molecule has 1 heterocycles. The molecule has 3 rings (SSSR count). The van der Waals surface area contributed by atoms with E-state index in [1.54, 1.807) is 0 Å². The second kappa shape index (κ2) is 5.84. The fraction of sp³-hybridized carbons (Fsp3) is 0.444. The summed E-state index contributed by atoms with van der Waals surface area (Å²) in [6.45, 7) is 2.04. The second-order valence-electron chi connectivity index (χ2n) is 6.21. The van der Waals surface area contributed by atoms with Crippen molar-refractivity contribution >= 4 is 11.8 Å². The Hall–Kier alpha value is -1.90. The molecule has 21 heavy (non-hydrogen) atoms. The van der Waals surface area contributed by atoms with E-state index < -0.39 is 0 Å². The van der Waals surface area contributed by atoms with Crippen molar-refractivity contribution in [2.45, 2.75) is 38.5 Å². The van der Waals surface area contributed by atoms with E-state index in [0.29, 0.717) is 12.3 Å². The molecule has 0 spiro atoms. The Morgan fingerprint density at radius 3 is 2.52 bits per heavy atom. The molecule has 3 atom stereocenters. The van der Waals surface area contributed by atoms with Gasteiger partial charge in [-0.25, -0.2) is 0 Å². The molecule has 0 bridgehead atoms. The van der Waals surface area contributed by atoms with E-state index in [1.807, 2.05) is 31.2 Å². The molecule has 1 aromatic rings. The Morgan fingerprint density at radius 1 is 1.10 bits per heavy atom. The SMILES string of the molecule is Cc1ccc(C2C(=O)NC(=O)CC2C2CC=CCC2)cc1. The fourth-order valence-electron chi connectivity index (χ4n) is 3.61. The van der Waals surface area contributed by atoms with Crippen molar-refractivity contribution < 1.29 is 9.59 Å². The third kappa shape index (κ3) is 2.92. The smallest absolute Gasteiger partial charge is 0.234 e. The van der Waals surface area contributed by atoms with Crippen LogP contribution in [0.15, 0.2) is 36.4 Å². The maximum Gasteiger partial charge on any atom is 0.234 e. The van der Waals surface area contributed by atoms with Crippen molar-refractivity contribution in [1.29, 1.82) is 0 Å². The predicted octanol–water partition coefficient (Wildman–Crippen LogP) is 3.10. The van der Waals surface area contributed by atoms with Crippen molar-refractivity contribution in [3.63, 3.8) is 0 Å². The Morgan fingerprint density at radius 2 is 1.86 bits per heavy atom. The van der Waals surface area contributed by atoms with Crippen LogP contribution in [0.3, 0.4) is 0 Å². The molecule has 0 aromatic heterocycles. The van der Waals surface area contributed by atoms with Crippen LogP contribution in [-0.4, -0.2) is 11.8 Å². The highest BCUT2D eigenvalue weighted by atomic mass is 16.2. The Balaban J connectivity index is 1.92. The lowest BCUT2D eigenvalue weighted by atomic mass is 9.70. The van der Waals surface area contributed by atoms with Gasteiger partial charge in [-0.15, -0.1) is 0 Å². The van der Waals surface area contributed by atoms with Crippen LogP contribution in [0.2, 0.25) is 0 Å². The van der Waals surface area contributed by atoms with Gasteiger partial charge >= 0.3 is 0 Å². The molecule has 1 aliphatic carbocycles. The van der Waals surface area contributed by atoms with Gasteiger partial charge in [-0.3, -0.25) is 14.9 Å². The first kappa shape index (κ1) is 14.1. The van der Waals surface area contributed by atoms with Gasteiger partial charge in [0, 0.05) is 6.42 Å². The number of benzene rings is 1. The minimum Gasteiger partial charge on any atom is -0.296 e. The molecule has 110 valence electrons. The van der Waals surface area contributed by atoms with Crippen LogP contribution in [0, 0.1) is 18.8 Å². The molecule has 1 aliphatic heterocycles. The maximum absolute atomic E-state index is 12.4. The summed E-state index contributed by atoms with van der Waals surface area (Å²) in [4.78, 5) is 24.2. The summed E-state index contributed by atoms with van der Waals surface area (Å²) in [6.07, 6.45) is 7.96. The van der Waals surface area contributed by atoms with Gasteiger partial charge in [0.25, 0.3) is 0 Å². The highest BCUT2D eigenvalue weighted by molar-refractivity contribution is 6.01. The minimum absolute atomic E-state index is 0.122.